The Bertz CT molecular complexity index is 389. The van der Waals surface area contributed by atoms with Gasteiger partial charge >= 0.3 is 5.97 Å². The highest BCUT2D eigenvalue weighted by atomic mass is 32.1. The molecule has 1 atom stereocenters. The number of aryl methyl sites for hydroxylation is 1. The van der Waals surface area contributed by atoms with E-state index in [0.29, 0.717) is 13.0 Å². The Hall–Kier alpha value is -0.940. The van der Waals surface area contributed by atoms with Crippen LogP contribution in [0.4, 0.5) is 0 Å². The zero-order valence-corrected chi connectivity index (χ0v) is 10.0. The Morgan fingerprint density at radius 3 is 3.19 bits per heavy atom. The van der Waals surface area contributed by atoms with Crippen LogP contribution in [0.3, 0.4) is 0 Å². The van der Waals surface area contributed by atoms with Crippen LogP contribution in [0.15, 0.2) is 0 Å². The van der Waals surface area contributed by atoms with Crippen LogP contribution in [0, 0.1) is 5.92 Å². The molecule has 1 aromatic heterocycles. The zero-order chi connectivity index (χ0) is 11.5. The van der Waals surface area contributed by atoms with Crippen LogP contribution in [0.1, 0.15) is 22.0 Å². The average Bonchev–Trinajstić information content (AvgIpc) is 2.67. The summed E-state index contributed by atoms with van der Waals surface area (Å²) in [5.74, 6) is -0.902. The predicted octanol–water partition coefficient (Wildman–Crippen LogP) is 1.52. The van der Waals surface area contributed by atoms with Crippen molar-refractivity contribution in [3.8, 4) is 0 Å². The quantitative estimate of drug-likeness (QED) is 0.868. The standard InChI is InChI=1S/C11H15NO3S/c1-15-5-4-10-12-8-3-2-7(11(13)14)6-9(8)16-10/h7H,2-6H2,1H3,(H,13,14). The van der Waals surface area contributed by atoms with Crippen molar-refractivity contribution in [1.29, 1.82) is 0 Å². The fourth-order valence-corrected chi connectivity index (χ4v) is 3.11. The lowest BCUT2D eigenvalue weighted by Crippen LogP contribution is -2.21. The fraction of sp³-hybridized carbons (Fsp3) is 0.636. The summed E-state index contributed by atoms with van der Waals surface area (Å²) < 4.78 is 5.01. The van der Waals surface area contributed by atoms with E-state index in [1.807, 2.05) is 0 Å². The number of carboxylic acid groups (broad SMARTS) is 1. The van der Waals surface area contributed by atoms with E-state index >= 15 is 0 Å². The lowest BCUT2D eigenvalue weighted by atomic mass is 9.91. The number of rotatable bonds is 4. The molecular formula is C11H15NO3S. The molecule has 2 rings (SSSR count). The van der Waals surface area contributed by atoms with Gasteiger partial charge in [0, 0.05) is 18.4 Å². The third kappa shape index (κ3) is 2.41. The number of carbonyl (C=O) groups is 1. The highest BCUT2D eigenvalue weighted by Crippen LogP contribution is 2.30. The third-order valence-corrected chi connectivity index (χ3v) is 4.03. The number of fused-ring (bicyclic) bond motifs is 1. The van der Waals surface area contributed by atoms with Gasteiger partial charge in [-0.3, -0.25) is 4.79 Å². The van der Waals surface area contributed by atoms with Crippen molar-refractivity contribution in [2.24, 2.45) is 5.92 Å². The normalized spacial score (nSPS) is 19.4. The molecule has 0 spiro atoms. The first kappa shape index (κ1) is 11.5. The summed E-state index contributed by atoms with van der Waals surface area (Å²) in [6, 6.07) is 0. The molecule has 0 saturated heterocycles. The second-order valence-electron chi connectivity index (χ2n) is 4.00. The Labute approximate surface area is 98.3 Å². The topological polar surface area (TPSA) is 59.4 Å². The summed E-state index contributed by atoms with van der Waals surface area (Å²) in [5.41, 5.74) is 1.11. The summed E-state index contributed by atoms with van der Waals surface area (Å²) >= 11 is 1.64. The maximum atomic E-state index is 10.9. The van der Waals surface area contributed by atoms with Crippen LogP contribution in [0.25, 0.3) is 0 Å². The van der Waals surface area contributed by atoms with Crippen molar-refractivity contribution < 1.29 is 14.6 Å². The Balaban J connectivity index is 2.07. The van der Waals surface area contributed by atoms with Gasteiger partial charge in [0.15, 0.2) is 0 Å². The zero-order valence-electron chi connectivity index (χ0n) is 9.23. The molecule has 5 heteroatoms. The Kier molecular flexibility index (Phi) is 3.56. The number of hydrogen-bond acceptors (Lipinski definition) is 4. The van der Waals surface area contributed by atoms with Crippen LogP contribution in [0.2, 0.25) is 0 Å². The fourth-order valence-electron chi connectivity index (χ4n) is 1.94. The van der Waals surface area contributed by atoms with Crippen molar-refractivity contribution in [3.05, 3.63) is 15.6 Å². The van der Waals surface area contributed by atoms with Gasteiger partial charge in [-0.05, 0) is 19.3 Å². The van der Waals surface area contributed by atoms with Crippen LogP contribution in [-0.2, 0) is 28.8 Å². The lowest BCUT2D eigenvalue weighted by molar-refractivity contribution is -0.142. The summed E-state index contributed by atoms with van der Waals surface area (Å²) in [6.45, 7) is 0.675. The molecule has 1 aliphatic carbocycles. The molecule has 0 aromatic carbocycles. The minimum Gasteiger partial charge on any atom is -0.481 e. The Morgan fingerprint density at radius 1 is 1.69 bits per heavy atom. The van der Waals surface area contributed by atoms with E-state index in [9.17, 15) is 4.79 Å². The molecule has 1 N–H and O–H groups in total. The number of ether oxygens (including phenoxy) is 1. The maximum Gasteiger partial charge on any atom is 0.306 e. The maximum absolute atomic E-state index is 10.9. The van der Waals surface area contributed by atoms with E-state index in [1.165, 1.54) is 0 Å². The third-order valence-electron chi connectivity index (χ3n) is 2.85. The molecule has 1 aromatic rings. The monoisotopic (exact) mass is 241 g/mol. The van der Waals surface area contributed by atoms with Crippen molar-refractivity contribution in [2.75, 3.05) is 13.7 Å². The summed E-state index contributed by atoms with van der Waals surface area (Å²) in [4.78, 5) is 16.6. The second kappa shape index (κ2) is 4.93. The lowest BCUT2D eigenvalue weighted by Gasteiger charge is -2.16. The Morgan fingerprint density at radius 2 is 2.50 bits per heavy atom. The van der Waals surface area contributed by atoms with Crippen molar-refractivity contribution in [2.45, 2.75) is 25.7 Å². The van der Waals surface area contributed by atoms with Crippen molar-refractivity contribution in [3.63, 3.8) is 0 Å². The van der Waals surface area contributed by atoms with Gasteiger partial charge in [0.05, 0.1) is 23.2 Å². The summed E-state index contributed by atoms with van der Waals surface area (Å²) in [6.07, 6.45) is 2.99. The van der Waals surface area contributed by atoms with E-state index in [4.69, 9.17) is 9.84 Å². The predicted molar refractivity (Wildman–Crippen MR) is 60.8 cm³/mol. The molecule has 1 heterocycles. The van der Waals surface area contributed by atoms with Crippen LogP contribution in [-0.4, -0.2) is 29.8 Å². The summed E-state index contributed by atoms with van der Waals surface area (Å²) in [5, 5.41) is 10.0. The molecule has 0 amide bonds. The first-order valence-corrected chi connectivity index (χ1v) is 6.21. The van der Waals surface area contributed by atoms with Crippen LogP contribution >= 0.6 is 11.3 Å². The average molecular weight is 241 g/mol. The molecule has 0 saturated carbocycles. The van der Waals surface area contributed by atoms with Crippen LogP contribution < -0.4 is 0 Å². The minimum absolute atomic E-state index is 0.219. The van der Waals surface area contributed by atoms with E-state index in [-0.39, 0.29) is 5.92 Å². The first-order chi connectivity index (χ1) is 7.70. The number of aromatic nitrogens is 1. The SMILES string of the molecule is COCCc1nc2c(s1)CC(C(=O)O)CC2. The smallest absolute Gasteiger partial charge is 0.306 e. The number of carboxylic acids is 1. The summed E-state index contributed by atoms with van der Waals surface area (Å²) in [7, 11) is 1.67. The minimum atomic E-state index is -0.683. The largest absolute Gasteiger partial charge is 0.481 e. The number of aliphatic carboxylic acids is 1. The van der Waals surface area contributed by atoms with Crippen molar-refractivity contribution >= 4 is 17.3 Å². The van der Waals surface area contributed by atoms with Gasteiger partial charge < -0.3 is 9.84 Å². The molecule has 1 aliphatic rings. The molecule has 0 bridgehead atoms. The number of thiazole rings is 1. The second-order valence-corrected chi connectivity index (χ2v) is 5.17. The van der Waals surface area contributed by atoms with Gasteiger partial charge in [-0.15, -0.1) is 11.3 Å². The molecule has 88 valence electrons. The number of hydrogen-bond donors (Lipinski definition) is 1. The van der Waals surface area contributed by atoms with E-state index in [2.05, 4.69) is 4.98 Å². The molecule has 4 nitrogen and oxygen atoms in total. The molecule has 0 aliphatic heterocycles. The van der Waals surface area contributed by atoms with Gasteiger partial charge in [-0.1, -0.05) is 0 Å². The van der Waals surface area contributed by atoms with E-state index in [0.717, 1.165) is 34.8 Å². The van der Waals surface area contributed by atoms with Gasteiger partial charge in [0.2, 0.25) is 0 Å². The molecule has 1 unspecified atom stereocenters. The molecular weight excluding hydrogens is 226 g/mol. The number of methoxy groups -OCH3 is 1. The van der Waals surface area contributed by atoms with Gasteiger partial charge in [0.1, 0.15) is 0 Å². The van der Waals surface area contributed by atoms with E-state index < -0.39 is 5.97 Å². The van der Waals surface area contributed by atoms with E-state index in [1.54, 1.807) is 18.4 Å². The highest BCUT2D eigenvalue weighted by molar-refractivity contribution is 7.11. The highest BCUT2D eigenvalue weighted by Gasteiger charge is 2.26. The van der Waals surface area contributed by atoms with Gasteiger partial charge in [0.25, 0.3) is 0 Å². The van der Waals surface area contributed by atoms with Gasteiger partial charge in [-0.25, -0.2) is 4.98 Å². The molecule has 0 fully saturated rings. The van der Waals surface area contributed by atoms with Crippen LogP contribution in [0.5, 0.6) is 0 Å². The molecule has 0 radical (unpaired) electrons. The number of nitrogens with zero attached hydrogens (tertiary/aromatic N) is 1. The molecule has 16 heavy (non-hydrogen) atoms. The first-order valence-electron chi connectivity index (χ1n) is 5.40. The van der Waals surface area contributed by atoms with Crippen molar-refractivity contribution in [1.82, 2.24) is 4.98 Å². The van der Waals surface area contributed by atoms with Gasteiger partial charge in [-0.2, -0.15) is 0 Å².